The van der Waals surface area contributed by atoms with Gasteiger partial charge in [0.1, 0.15) is 11.5 Å². The summed E-state index contributed by atoms with van der Waals surface area (Å²) in [6.45, 7) is 3.50. The third kappa shape index (κ3) is 2.56. The largest absolute Gasteiger partial charge is 0.345 e. The number of hydrogen-bond acceptors (Lipinski definition) is 3. The lowest BCUT2D eigenvalue weighted by atomic mass is 10.1. The summed E-state index contributed by atoms with van der Waals surface area (Å²) in [5.41, 5.74) is 3.66. The van der Waals surface area contributed by atoms with E-state index in [0.717, 1.165) is 5.39 Å². The van der Waals surface area contributed by atoms with Gasteiger partial charge in [-0.05, 0) is 43.7 Å². The van der Waals surface area contributed by atoms with Crippen molar-refractivity contribution in [1.82, 2.24) is 20.1 Å². The van der Waals surface area contributed by atoms with Crippen molar-refractivity contribution in [2.75, 3.05) is 14.1 Å². The Bertz CT molecular complexity index is 914. The fourth-order valence-corrected chi connectivity index (χ4v) is 2.50. The number of halogens is 1. The van der Waals surface area contributed by atoms with Crippen LogP contribution in [0.3, 0.4) is 0 Å². The number of aromatic nitrogens is 3. The molecule has 6 heteroatoms. The minimum atomic E-state index is -0.274. The number of amides is 1. The summed E-state index contributed by atoms with van der Waals surface area (Å²) in [7, 11) is 3.41. The maximum absolute atomic E-state index is 13.6. The average molecular weight is 312 g/mol. The quantitative estimate of drug-likeness (QED) is 0.791. The lowest BCUT2D eigenvalue weighted by molar-refractivity contribution is 0.0826. The van der Waals surface area contributed by atoms with Crippen molar-refractivity contribution in [3.8, 4) is 11.4 Å². The molecular weight excluding hydrogens is 295 g/mol. The molecule has 3 aromatic rings. The van der Waals surface area contributed by atoms with Gasteiger partial charge in [-0.25, -0.2) is 4.39 Å². The van der Waals surface area contributed by atoms with Gasteiger partial charge in [-0.1, -0.05) is 0 Å². The van der Waals surface area contributed by atoms with Gasteiger partial charge in [0.2, 0.25) is 0 Å². The molecule has 0 aliphatic heterocycles. The number of carbonyl (C=O) groups is 1. The molecule has 0 bridgehead atoms. The van der Waals surface area contributed by atoms with Crippen LogP contribution in [-0.2, 0) is 0 Å². The van der Waals surface area contributed by atoms with Gasteiger partial charge in [-0.2, -0.15) is 5.10 Å². The molecule has 0 atom stereocenters. The Kier molecular flexibility index (Phi) is 3.60. The molecule has 0 fully saturated rings. The molecule has 0 spiro atoms. The molecule has 23 heavy (non-hydrogen) atoms. The van der Waals surface area contributed by atoms with Gasteiger partial charge in [0.05, 0.1) is 22.5 Å². The number of H-pyrrole nitrogens is 1. The van der Waals surface area contributed by atoms with Crippen LogP contribution in [0, 0.1) is 19.7 Å². The number of pyridine rings is 1. The number of carbonyl (C=O) groups excluding carboxylic acids is 1. The van der Waals surface area contributed by atoms with E-state index in [9.17, 15) is 9.18 Å². The Morgan fingerprint density at radius 2 is 1.96 bits per heavy atom. The van der Waals surface area contributed by atoms with Crippen LogP contribution in [0.25, 0.3) is 22.3 Å². The molecule has 1 amide bonds. The summed E-state index contributed by atoms with van der Waals surface area (Å²) >= 11 is 0. The zero-order chi connectivity index (χ0) is 16.7. The van der Waals surface area contributed by atoms with E-state index >= 15 is 0 Å². The average Bonchev–Trinajstić information content (AvgIpc) is 2.89. The number of nitrogens with one attached hydrogen (secondary N) is 1. The van der Waals surface area contributed by atoms with E-state index in [0.29, 0.717) is 33.7 Å². The summed E-state index contributed by atoms with van der Waals surface area (Å²) in [5.74, 6) is -0.366. The van der Waals surface area contributed by atoms with Gasteiger partial charge in [0, 0.05) is 19.5 Å². The van der Waals surface area contributed by atoms with E-state index in [4.69, 9.17) is 0 Å². The number of fused-ring (bicyclic) bond motifs is 1. The number of benzene rings is 1. The lowest BCUT2D eigenvalue weighted by Crippen LogP contribution is -2.22. The van der Waals surface area contributed by atoms with Gasteiger partial charge in [-0.15, -0.1) is 0 Å². The number of aryl methyl sites for hydroxylation is 2. The van der Waals surface area contributed by atoms with E-state index in [2.05, 4.69) is 15.2 Å². The Hall–Kier alpha value is -2.76. The summed E-state index contributed by atoms with van der Waals surface area (Å²) in [6, 6.07) is 6.69. The molecule has 3 rings (SSSR count). The molecule has 0 aliphatic rings. The number of rotatable bonds is 2. The Morgan fingerprint density at radius 3 is 2.61 bits per heavy atom. The first-order chi connectivity index (χ1) is 10.9. The highest BCUT2D eigenvalue weighted by Gasteiger charge is 2.16. The van der Waals surface area contributed by atoms with Gasteiger partial charge < -0.3 is 4.90 Å². The predicted octanol–water partition coefficient (Wildman–Crippen LogP) is 3.08. The van der Waals surface area contributed by atoms with Crippen molar-refractivity contribution in [3.05, 3.63) is 46.9 Å². The fourth-order valence-electron chi connectivity index (χ4n) is 2.50. The van der Waals surface area contributed by atoms with Crippen molar-refractivity contribution >= 4 is 16.8 Å². The van der Waals surface area contributed by atoms with Crippen LogP contribution in [0.15, 0.2) is 24.3 Å². The maximum atomic E-state index is 13.6. The van der Waals surface area contributed by atoms with Crippen LogP contribution in [0.2, 0.25) is 0 Å². The Balaban J connectivity index is 2.11. The Labute approximate surface area is 133 Å². The van der Waals surface area contributed by atoms with Crippen molar-refractivity contribution in [2.24, 2.45) is 0 Å². The van der Waals surface area contributed by atoms with Crippen LogP contribution in [-0.4, -0.2) is 40.1 Å². The molecule has 5 nitrogen and oxygen atoms in total. The monoisotopic (exact) mass is 312 g/mol. The number of hydrogen-bond donors (Lipinski definition) is 1. The standard InChI is InChI=1S/C17H17FN4O/c1-9-7-12-15(8-13(9)18)20-21-16(12)14-6-5-11(10(2)19-14)17(23)22(3)4/h5-8H,1-4H3,(H,20,21). The summed E-state index contributed by atoms with van der Waals surface area (Å²) in [6.07, 6.45) is 0. The molecule has 2 heterocycles. The van der Waals surface area contributed by atoms with Crippen molar-refractivity contribution < 1.29 is 9.18 Å². The highest BCUT2D eigenvalue weighted by Crippen LogP contribution is 2.27. The van der Waals surface area contributed by atoms with E-state index < -0.39 is 0 Å². The van der Waals surface area contributed by atoms with Gasteiger partial charge in [0.25, 0.3) is 5.91 Å². The Morgan fingerprint density at radius 1 is 1.22 bits per heavy atom. The highest BCUT2D eigenvalue weighted by atomic mass is 19.1. The molecule has 0 radical (unpaired) electrons. The molecular formula is C17H17FN4O. The van der Waals surface area contributed by atoms with Crippen molar-refractivity contribution in [2.45, 2.75) is 13.8 Å². The van der Waals surface area contributed by atoms with Crippen molar-refractivity contribution in [3.63, 3.8) is 0 Å². The van der Waals surface area contributed by atoms with Gasteiger partial charge in [0.15, 0.2) is 0 Å². The van der Waals surface area contributed by atoms with Gasteiger partial charge >= 0.3 is 0 Å². The molecule has 0 saturated heterocycles. The van der Waals surface area contributed by atoms with E-state index in [1.165, 1.54) is 11.0 Å². The summed E-state index contributed by atoms with van der Waals surface area (Å²) < 4.78 is 13.6. The zero-order valence-electron chi connectivity index (χ0n) is 13.4. The minimum absolute atomic E-state index is 0.0913. The number of nitrogens with zero attached hydrogens (tertiary/aromatic N) is 3. The first-order valence-corrected chi connectivity index (χ1v) is 7.22. The molecule has 1 aromatic carbocycles. The smallest absolute Gasteiger partial charge is 0.255 e. The van der Waals surface area contributed by atoms with Crippen LogP contribution in [0.1, 0.15) is 21.6 Å². The second kappa shape index (κ2) is 5.46. The minimum Gasteiger partial charge on any atom is -0.345 e. The molecule has 0 aliphatic carbocycles. The van der Waals surface area contributed by atoms with E-state index in [1.807, 2.05) is 0 Å². The second-order valence-corrected chi connectivity index (χ2v) is 5.75. The normalized spacial score (nSPS) is 11.0. The lowest BCUT2D eigenvalue weighted by Gasteiger charge is -2.12. The second-order valence-electron chi connectivity index (χ2n) is 5.75. The molecule has 2 aromatic heterocycles. The summed E-state index contributed by atoms with van der Waals surface area (Å²) in [4.78, 5) is 18.1. The van der Waals surface area contributed by atoms with E-state index in [-0.39, 0.29) is 11.7 Å². The predicted molar refractivity (Wildman–Crippen MR) is 86.8 cm³/mol. The molecule has 0 saturated carbocycles. The van der Waals surface area contributed by atoms with Crippen molar-refractivity contribution in [1.29, 1.82) is 0 Å². The van der Waals surface area contributed by atoms with E-state index in [1.54, 1.807) is 46.1 Å². The molecule has 0 unspecified atom stereocenters. The SMILES string of the molecule is Cc1cc2c(-c3ccc(C(=O)N(C)C)c(C)n3)n[nH]c2cc1F. The zero-order valence-corrected chi connectivity index (χ0v) is 13.4. The third-order valence-electron chi connectivity index (χ3n) is 3.81. The number of aromatic amines is 1. The van der Waals surface area contributed by atoms with Crippen LogP contribution in [0.4, 0.5) is 4.39 Å². The topological polar surface area (TPSA) is 61.9 Å². The maximum Gasteiger partial charge on any atom is 0.255 e. The fraction of sp³-hybridized carbons (Fsp3) is 0.235. The molecule has 118 valence electrons. The molecule has 1 N–H and O–H groups in total. The van der Waals surface area contributed by atoms with Crippen LogP contribution < -0.4 is 0 Å². The first-order valence-electron chi connectivity index (χ1n) is 7.22. The summed E-state index contributed by atoms with van der Waals surface area (Å²) in [5, 5.41) is 7.88. The van der Waals surface area contributed by atoms with Gasteiger partial charge in [-0.3, -0.25) is 14.9 Å². The van der Waals surface area contributed by atoms with Crippen LogP contribution >= 0.6 is 0 Å². The first kappa shape index (κ1) is 15.1. The van der Waals surface area contributed by atoms with Crippen LogP contribution in [0.5, 0.6) is 0 Å². The third-order valence-corrected chi connectivity index (χ3v) is 3.81. The highest BCUT2D eigenvalue weighted by molar-refractivity contribution is 5.96.